The predicted octanol–water partition coefficient (Wildman–Crippen LogP) is 2.43. The molecule has 2 heterocycles. The molecule has 2 unspecified atom stereocenters. The largest absolute Gasteiger partial charge is 0.311 e. The molecule has 0 spiro atoms. The minimum Gasteiger partial charge on any atom is -0.311 e. The molecule has 0 aromatic heterocycles. The van der Waals surface area contributed by atoms with E-state index in [0.29, 0.717) is 12.1 Å². The third kappa shape index (κ3) is 4.71. The maximum absolute atomic E-state index is 3.73. The molecule has 2 rings (SSSR count). The predicted molar refractivity (Wildman–Crippen MR) is 87.1 cm³/mol. The summed E-state index contributed by atoms with van der Waals surface area (Å²) in [6.45, 7) is 17.0. The minimum atomic E-state index is 0.710. The Hall–Kier alpha value is -0.120. The zero-order chi connectivity index (χ0) is 14.5. The summed E-state index contributed by atoms with van der Waals surface area (Å²) in [5.41, 5.74) is 0. The Labute approximate surface area is 126 Å². The van der Waals surface area contributed by atoms with Crippen molar-refractivity contribution in [1.29, 1.82) is 0 Å². The zero-order valence-corrected chi connectivity index (χ0v) is 14.1. The van der Waals surface area contributed by atoms with Crippen molar-refractivity contribution >= 4 is 0 Å². The van der Waals surface area contributed by atoms with E-state index in [0.717, 1.165) is 11.8 Å². The summed E-state index contributed by atoms with van der Waals surface area (Å²) in [4.78, 5) is 5.36. The minimum absolute atomic E-state index is 0.710. The molecular weight excluding hydrogens is 246 g/mol. The van der Waals surface area contributed by atoms with E-state index in [4.69, 9.17) is 0 Å². The van der Waals surface area contributed by atoms with E-state index >= 15 is 0 Å². The maximum Gasteiger partial charge on any atom is 0.0198 e. The van der Waals surface area contributed by atoms with Gasteiger partial charge in [-0.25, -0.2) is 0 Å². The van der Waals surface area contributed by atoms with Crippen molar-refractivity contribution in [1.82, 2.24) is 15.1 Å². The summed E-state index contributed by atoms with van der Waals surface area (Å²) in [5, 5.41) is 3.73. The molecule has 1 N–H and O–H groups in total. The van der Waals surface area contributed by atoms with E-state index in [1.165, 1.54) is 58.5 Å². The van der Waals surface area contributed by atoms with Crippen molar-refractivity contribution in [2.75, 3.05) is 39.3 Å². The lowest BCUT2D eigenvalue weighted by molar-refractivity contribution is 0.0880. The fraction of sp³-hybridized carbons (Fsp3) is 1.00. The second kappa shape index (κ2) is 7.77. The summed E-state index contributed by atoms with van der Waals surface area (Å²) >= 11 is 0. The molecule has 0 radical (unpaired) electrons. The normalized spacial score (nSPS) is 31.1. The van der Waals surface area contributed by atoms with E-state index in [1.54, 1.807) is 0 Å². The van der Waals surface area contributed by atoms with Gasteiger partial charge < -0.3 is 10.2 Å². The van der Waals surface area contributed by atoms with Gasteiger partial charge in [-0.05, 0) is 57.7 Å². The van der Waals surface area contributed by atoms with Crippen LogP contribution in [0.4, 0.5) is 0 Å². The van der Waals surface area contributed by atoms with Crippen molar-refractivity contribution in [2.24, 2.45) is 11.8 Å². The molecule has 2 saturated heterocycles. The first-order chi connectivity index (χ1) is 9.58. The number of nitrogens with one attached hydrogen (secondary N) is 1. The highest BCUT2D eigenvalue weighted by Gasteiger charge is 2.28. The van der Waals surface area contributed by atoms with Gasteiger partial charge in [-0.15, -0.1) is 0 Å². The molecule has 0 saturated carbocycles. The molecule has 20 heavy (non-hydrogen) atoms. The van der Waals surface area contributed by atoms with Crippen LogP contribution in [0.3, 0.4) is 0 Å². The molecule has 2 aliphatic heterocycles. The highest BCUT2D eigenvalue weighted by molar-refractivity contribution is 4.86. The van der Waals surface area contributed by atoms with Crippen LogP contribution in [0.1, 0.15) is 47.0 Å². The number of nitrogens with zero attached hydrogens (tertiary/aromatic N) is 2. The first kappa shape index (κ1) is 16.3. The van der Waals surface area contributed by atoms with Crippen molar-refractivity contribution < 1.29 is 0 Å². The van der Waals surface area contributed by atoms with Crippen LogP contribution in [0.15, 0.2) is 0 Å². The number of hydrogen-bond acceptors (Lipinski definition) is 3. The molecule has 3 nitrogen and oxygen atoms in total. The standard InChI is InChI=1S/C17H35N3/c1-5-19-8-6-16(7-9-19)12-20-13-17(10-14(2)3)18-11-15(20)4/h14-18H,5-13H2,1-4H3. The number of piperidine rings is 1. The second-order valence-corrected chi connectivity index (χ2v) is 7.42. The Bertz CT molecular complexity index is 271. The molecule has 3 heteroatoms. The van der Waals surface area contributed by atoms with Crippen LogP contribution in [-0.4, -0.2) is 61.2 Å². The lowest BCUT2D eigenvalue weighted by Gasteiger charge is -2.42. The van der Waals surface area contributed by atoms with Gasteiger partial charge in [-0.1, -0.05) is 20.8 Å². The van der Waals surface area contributed by atoms with Crippen LogP contribution >= 0.6 is 0 Å². The summed E-state index contributed by atoms with van der Waals surface area (Å²) in [5.74, 6) is 1.73. The highest BCUT2D eigenvalue weighted by atomic mass is 15.2. The SMILES string of the molecule is CCN1CCC(CN2CC(CC(C)C)NCC2C)CC1. The van der Waals surface area contributed by atoms with Gasteiger partial charge >= 0.3 is 0 Å². The molecule has 0 amide bonds. The number of rotatable bonds is 5. The Balaban J connectivity index is 1.78. The van der Waals surface area contributed by atoms with Crippen LogP contribution < -0.4 is 5.32 Å². The monoisotopic (exact) mass is 281 g/mol. The van der Waals surface area contributed by atoms with Crippen LogP contribution in [-0.2, 0) is 0 Å². The average molecular weight is 281 g/mol. The average Bonchev–Trinajstić information content (AvgIpc) is 2.43. The Kier molecular flexibility index (Phi) is 6.31. The lowest BCUT2D eigenvalue weighted by Crippen LogP contribution is -2.57. The van der Waals surface area contributed by atoms with Gasteiger partial charge in [-0.2, -0.15) is 0 Å². The van der Waals surface area contributed by atoms with Gasteiger partial charge in [0.15, 0.2) is 0 Å². The Morgan fingerprint density at radius 3 is 2.50 bits per heavy atom. The maximum atomic E-state index is 3.73. The van der Waals surface area contributed by atoms with Crippen LogP contribution in [0.2, 0.25) is 0 Å². The Morgan fingerprint density at radius 1 is 1.20 bits per heavy atom. The van der Waals surface area contributed by atoms with Gasteiger partial charge in [0.2, 0.25) is 0 Å². The topological polar surface area (TPSA) is 18.5 Å². The molecular formula is C17H35N3. The summed E-state index contributed by atoms with van der Waals surface area (Å²) in [7, 11) is 0. The summed E-state index contributed by atoms with van der Waals surface area (Å²) in [6.07, 6.45) is 4.12. The Morgan fingerprint density at radius 2 is 1.90 bits per heavy atom. The molecule has 2 aliphatic rings. The second-order valence-electron chi connectivity index (χ2n) is 7.42. The third-order valence-corrected chi connectivity index (χ3v) is 5.18. The summed E-state index contributed by atoms with van der Waals surface area (Å²) in [6, 6.07) is 1.42. The van der Waals surface area contributed by atoms with Crippen LogP contribution in [0, 0.1) is 11.8 Å². The lowest BCUT2D eigenvalue weighted by atomic mass is 9.94. The van der Waals surface area contributed by atoms with E-state index in [9.17, 15) is 0 Å². The van der Waals surface area contributed by atoms with E-state index in [2.05, 4.69) is 42.8 Å². The molecule has 118 valence electrons. The molecule has 2 fully saturated rings. The zero-order valence-electron chi connectivity index (χ0n) is 14.1. The van der Waals surface area contributed by atoms with Gasteiger partial charge in [0.1, 0.15) is 0 Å². The first-order valence-electron chi connectivity index (χ1n) is 8.78. The van der Waals surface area contributed by atoms with E-state index in [1.807, 2.05) is 0 Å². The quantitative estimate of drug-likeness (QED) is 0.835. The van der Waals surface area contributed by atoms with Crippen molar-refractivity contribution in [2.45, 2.75) is 59.0 Å². The number of hydrogen-bond donors (Lipinski definition) is 1. The van der Waals surface area contributed by atoms with E-state index < -0.39 is 0 Å². The van der Waals surface area contributed by atoms with E-state index in [-0.39, 0.29) is 0 Å². The van der Waals surface area contributed by atoms with Gasteiger partial charge in [0, 0.05) is 31.7 Å². The third-order valence-electron chi connectivity index (χ3n) is 5.18. The number of piperazine rings is 1. The van der Waals surface area contributed by atoms with Gasteiger partial charge in [-0.3, -0.25) is 4.90 Å². The van der Waals surface area contributed by atoms with Gasteiger partial charge in [0.05, 0.1) is 0 Å². The van der Waals surface area contributed by atoms with Crippen molar-refractivity contribution in [3.8, 4) is 0 Å². The fourth-order valence-corrected chi connectivity index (χ4v) is 3.79. The molecule has 2 atom stereocenters. The highest BCUT2D eigenvalue weighted by Crippen LogP contribution is 2.21. The molecule has 0 aromatic rings. The molecule has 0 aliphatic carbocycles. The number of likely N-dealkylation sites (tertiary alicyclic amines) is 1. The van der Waals surface area contributed by atoms with Crippen LogP contribution in [0.25, 0.3) is 0 Å². The molecule has 0 bridgehead atoms. The summed E-state index contributed by atoms with van der Waals surface area (Å²) < 4.78 is 0. The van der Waals surface area contributed by atoms with Crippen molar-refractivity contribution in [3.63, 3.8) is 0 Å². The fourth-order valence-electron chi connectivity index (χ4n) is 3.79. The van der Waals surface area contributed by atoms with Crippen LogP contribution in [0.5, 0.6) is 0 Å². The molecule has 0 aromatic carbocycles. The first-order valence-corrected chi connectivity index (χ1v) is 8.78. The smallest absolute Gasteiger partial charge is 0.0198 e. The van der Waals surface area contributed by atoms with Gasteiger partial charge in [0.25, 0.3) is 0 Å². The van der Waals surface area contributed by atoms with Crippen molar-refractivity contribution in [3.05, 3.63) is 0 Å².